The number of anilines is 1. The molecule has 1 N–H and O–H groups in total. The lowest BCUT2D eigenvalue weighted by Gasteiger charge is -2.04. The standard InChI is InChI=1S/C18H17N3O4S2/c1-2-27(23,24)15-10-6-7-13(11-15)17(22)19-18-21-20-16(25-18)12-26-14-8-4-3-5-9-14/h3-11H,2,12H2,1H3,(H,19,21,22). The summed E-state index contributed by atoms with van der Waals surface area (Å²) in [6, 6.07) is 15.6. The predicted octanol–water partition coefficient (Wildman–Crippen LogP) is 3.41. The van der Waals surface area contributed by atoms with Crippen molar-refractivity contribution in [3.8, 4) is 0 Å². The van der Waals surface area contributed by atoms with Gasteiger partial charge in [0, 0.05) is 10.5 Å². The average molecular weight is 403 g/mol. The highest BCUT2D eigenvalue weighted by Gasteiger charge is 2.16. The van der Waals surface area contributed by atoms with Crippen molar-refractivity contribution in [1.29, 1.82) is 0 Å². The van der Waals surface area contributed by atoms with E-state index in [1.165, 1.54) is 36.0 Å². The second kappa shape index (κ2) is 8.36. The molecule has 3 aromatic rings. The molecule has 1 amide bonds. The lowest BCUT2D eigenvalue weighted by Crippen LogP contribution is -2.13. The van der Waals surface area contributed by atoms with Gasteiger partial charge in [0.2, 0.25) is 5.89 Å². The number of hydrogen-bond acceptors (Lipinski definition) is 7. The number of rotatable bonds is 7. The van der Waals surface area contributed by atoms with E-state index in [2.05, 4.69) is 15.5 Å². The van der Waals surface area contributed by atoms with E-state index in [1.807, 2.05) is 30.3 Å². The highest BCUT2D eigenvalue weighted by molar-refractivity contribution is 7.98. The minimum atomic E-state index is -3.39. The van der Waals surface area contributed by atoms with Gasteiger partial charge in [0.05, 0.1) is 16.4 Å². The molecule has 0 unspecified atom stereocenters. The number of amides is 1. The molecule has 7 nitrogen and oxygen atoms in total. The molecule has 140 valence electrons. The molecule has 0 aliphatic carbocycles. The molecule has 0 spiro atoms. The minimum absolute atomic E-state index is 0.0348. The molecule has 0 atom stereocenters. The summed E-state index contributed by atoms with van der Waals surface area (Å²) in [5.74, 6) is 0.289. The van der Waals surface area contributed by atoms with Crippen molar-refractivity contribution < 1.29 is 17.6 Å². The zero-order chi connectivity index (χ0) is 19.3. The fourth-order valence-electron chi connectivity index (χ4n) is 2.19. The van der Waals surface area contributed by atoms with E-state index in [4.69, 9.17) is 4.42 Å². The van der Waals surface area contributed by atoms with Crippen molar-refractivity contribution in [1.82, 2.24) is 10.2 Å². The summed E-state index contributed by atoms with van der Waals surface area (Å²) in [6.07, 6.45) is 0. The van der Waals surface area contributed by atoms with E-state index < -0.39 is 15.7 Å². The first-order chi connectivity index (χ1) is 13.0. The summed E-state index contributed by atoms with van der Waals surface area (Å²) in [6.45, 7) is 1.55. The number of sulfone groups is 1. The fourth-order valence-corrected chi connectivity index (χ4v) is 3.87. The fraction of sp³-hybridized carbons (Fsp3) is 0.167. The van der Waals surface area contributed by atoms with Crippen LogP contribution >= 0.6 is 11.8 Å². The minimum Gasteiger partial charge on any atom is -0.407 e. The van der Waals surface area contributed by atoms with Gasteiger partial charge < -0.3 is 4.42 Å². The van der Waals surface area contributed by atoms with Crippen LogP contribution in [0.4, 0.5) is 6.01 Å². The molecule has 9 heteroatoms. The van der Waals surface area contributed by atoms with Gasteiger partial charge in [-0.15, -0.1) is 16.9 Å². The zero-order valence-electron chi connectivity index (χ0n) is 14.5. The Hall–Kier alpha value is -2.65. The molecule has 3 rings (SSSR count). The SMILES string of the molecule is CCS(=O)(=O)c1cccc(C(=O)Nc2nnc(CSc3ccccc3)o2)c1. The molecule has 0 aliphatic rings. The molecule has 0 fully saturated rings. The maximum Gasteiger partial charge on any atom is 0.322 e. The molecule has 27 heavy (non-hydrogen) atoms. The van der Waals surface area contributed by atoms with Crippen molar-refractivity contribution in [2.24, 2.45) is 0 Å². The van der Waals surface area contributed by atoms with Crippen LogP contribution in [0, 0.1) is 0 Å². The summed E-state index contributed by atoms with van der Waals surface area (Å²) < 4.78 is 29.3. The summed E-state index contributed by atoms with van der Waals surface area (Å²) in [5.41, 5.74) is 0.197. The van der Waals surface area contributed by atoms with E-state index in [-0.39, 0.29) is 22.2 Å². The average Bonchev–Trinajstić information content (AvgIpc) is 3.14. The summed E-state index contributed by atoms with van der Waals surface area (Å²) in [5, 5.41) is 10.2. The highest BCUT2D eigenvalue weighted by atomic mass is 32.2. The second-order valence-electron chi connectivity index (χ2n) is 5.49. The van der Waals surface area contributed by atoms with E-state index in [0.29, 0.717) is 11.6 Å². The number of carbonyl (C=O) groups excluding carboxylic acids is 1. The monoisotopic (exact) mass is 403 g/mol. The maximum absolute atomic E-state index is 12.3. The van der Waals surface area contributed by atoms with Crippen LogP contribution in [0.25, 0.3) is 0 Å². The smallest absolute Gasteiger partial charge is 0.322 e. The highest BCUT2D eigenvalue weighted by Crippen LogP contribution is 2.22. The molecule has 1 aromatic heterocycles. The molecular weight excluding hydrogens is 386 g/mol. The van der Waals surface area contributed by atoms with E-state index in [0.717, 1.165) is 4.90 Å². The number of nitrogens with one attached hydrogen (secondary N) is 1. The molecule has 1 heterocycles. The van der Waals surface area contributed by atoms with Crippen LogP contribution in [0.1, 0.15) is 23.2 Å². The Morgan fingerprint density at radius 3 is 2.63 bits per heavy atom. The quantitative estimate of drug-likeness (QED) is 0.603. The number of thioether (sulfide) groups is 1. The van der Waals surface area contributed by atoms with Gasteiger partial charge in [-0.25, -0.2) is 8.42 Å². The molecule has 0 aliphatic heterocycles. The van der Waals surface area contributed by atoms with Crippen LogP contribution in [0.2, 0.25) is 0 Å². The van der Waals surface area contributed by atoms with Crippen LogP contribution in [-0.4, -0.2) is 30.3 Å². The van der Waals surface area contributed by atoms with Crippen LogP contribution < -0.4 is 5.32 Å². The normalized spacial score (nSPS) is 11.3. The lowest BCUT2D eigenvalue weighted by molar-refractivity contribution is 0.102. The largest absolute Gasteiger partial charge is 0.407 e. The topological polar surface area (TPSA) is 102 Å². The van der Waals surface area contributed by atoms with E-state index in [9.17, 15) is 13.2 Å². The lowest BCUT2D eigenvalue weighted by atomic mass is 10.2. The summed E-state index contributed by atoms with van der Waals surface area (Å²) in [7, 11) is -3.39. The third kappa shape index (κ3) is 4.95. The van der Waals surface area contributed by atoms with Gasteiger partial charge in [0.15, 0.2) is 9.84 Å². The Balaban J connectivity index is 1.65. The summed E-state index contributed by atoms with van der Waals surface area (Å²) >= 11 is 1.53. The van der Waals surface area contributed by atoms with Crippen molar-refractivity contribution in [3.05, 3.63) is 66.1 Å². The van der Waals surface area contributed by atoms with Gasteiger partial charge in [-0.1, -0.05) is 36.3 Å². The molecule has 0 bridgehead atoms. The Labute approximate surface area is 161 Å². The first-order valence-corrected chi connectivity index (χ1v) is 10.8. The van der Waals surface area contributed by atoms with Gasteiger partial charge >= 0.3 is 6.01 Å². The third-order valence-electron chi connectivity index (χ3n) is 3.63. The number of hydrogen-bond donors (Lipinski definition) is 1. The first kappa shape index (κ1) is 19.1. The molecule has 2 aromatic carbocycles. The number of benzene rings is 2. The molecule has 0 saturated carbocycles. The van der Waals surface area contributed by atoms with Crippen molar-refractivity contribution in [3.63, 3.8) is 0 Å². The molecular formula is C18H17N3O4S2. The molecule has 0 saturated heterocycles. The summed E-state index contributed by atoms with van der Waals surface area (Å²) in [4.78, 5) is 13.5. The zero-order valence-corrected chi connectivity index (χ0v) is 16.1. The predicted molar refractivity (Wildman–Crippen MR) is 102 cm³/mol. The van der Waals surface area contributed by atoms with Crippen LogP contribution in [0.3, 0.4) is 0 Å². The van der Waals surface area contributed by atoms with Gasteiger partial charge in [-0.3, -0.25) is 10.1 Å². The van der Waals surface area contributed by atoms with Gasteiger partial charge in [-0.2, -0.15) is 0 Å². The Morgan fingerprint density at radius 2 is 1.89 bits per heavy atom. The van der Waals surface area contributed by atoms with Gasteiger partial charge in [0.25, 0.3) is 5.91 Å². The number of aromatic nitrogens is 2. The number of carbonyl (C=O) groups is 1. The van der Waals surface area contributed by atoms with Crippen molar-refractivity contribution in [2.75, 3.05) is 11.1 Å². The molecule has 0 radical (unpaired) electrons. The Kier molecular flexibility index (Phi) is 5.92. The Morgan fingerprint density at radius 1 is 1.11 bits per heavy atom. The van der Waals surface area contributed by atoms with E-state index in [1.54, 1.807) is 6.92 Å². The third-order valence-corrected chi connectivity index (χ3v) is 6.36. The van der Waals surface area contributed by atoms with E-state index >= 15 is 0 Å². The number of nitrogens with zero attached hydrogens (tertiary/aromatic N) is 2. The van der Waals surface area contributed by atoms with Crippen LogP contribution in [-0.2, 0) is 15.6 Å². The van der Waals surface area contributed by atoms with Gasteiger partial charge in [0.1, 0.15) is 0 Å². The van der Waals surface area contributed by atoms with Crippen LogP contribution in [0.15, 0.2) is 68.8 Å². The maximum atomic E-state index is 12.3. The van der Waals surface area contributed by atoms with Crippen molar-refractivity contribution in [2.45, 2.75) is 22.5 Å². The second-order valence-corrected chi connectivity index (χ2v) is 8.82. The Bertz CT molecular complexity index is 1030. The van der Waals surface area contributed by atoms with Gasteiger partial charge in [-0.05, 0) is 30.3 Å². The first-order valence-electron chi connectivity index (χ1n) is 8.12. The van der Waals surface area contributed by atoms with Crippen LogP contribution in [0.5, 0.6) is 0 Å². The van der Waals surface area contributed by atoms with Crippen molar-refractivity contribution >= 4 is 33.5 Å².